The lowest BCUT2D eigenvalue weighted by Gasteiger charge is -2.09. The van der Waals surface area contributed by atoms with E-state index in [0.29, 0.717) is 45.5 Å². The fraction of sp³-hybridized carbons (Fsp3) is 0.120. The predicted molar refractivity (Wildman–Crippen MR) is 130 cm³/mol. The highest BCUT2D eigenvalue weighted by molar-refractivity contribution is 9.10. The molecule has 0 atom stereocenters. The zero-order chi connectivity index (χ0) is 22.9. The van der Waals surface area contributed by atoms with Gasteiger partial charge in [-0.05, 0) is 88.6 Å². The third-order valence-electron chi connectivity index (χ3n) is 4.36. The number of nitriles is 1. The normalized spacial score (nSPS) is 10.9. The molecule has 0 saturated heterocycles. The number of rotatable bonds is 8. The fourth-order valence-corrected chi connectivity index (χ4v) is 3.42. The summed E-state index contributed by atoms with van der Waals surface area (Å²) >= 11 is 9.38. The first-order chi connectivity index (χ1) is 15.5. The third-order valence-corrected chi connectivity index (χ3v) is 5.23. The van der Waals surface area contributed by atoms with E-state index in [1.165, 1.54) is 6.08 Å². The standard InChI is InChI=1S/C25H20BrClN2O3/c1-2-31-22-10-8-21(9-11-22)29-25(30)19(15-28)13-18-5-12-24(23(26)14-18)32-16-17-3-6-20(27)7-4-17/h3-14H,2,16H2,1H3,(H,29,30)/b19-13-. The Morgan fingerprint density at radius 2 is 1.81 bits per heavy atom. The molecule has 0 fully saturated rings. The summed E-state index contributed by atoms with van der Waals surface area (Å²) in [6, 6.07) is 21.7. The van der Waals surface area contributed by atoms with Crippen LogP contribution in [0.2, 0.25) is 5.02 Å². The zero-order valence-corrected chi connectivity index (χ0v) is 19.6. The van der Waals surface area contributed by atoms with E-state index in [2.05, 4.69) is 21.2 Å². The van der Waals surface area contributed by atoms with Gasteiger partial charge in [0.2, 0.25) is 0 Å². The summed E-state index contributed by atoms with van der Waals surface area (Å²) in [5, 5.41) is 12.9. The minimum atomic E-state index is -0.490. The first-order valence-corrected chi connectivity index (χ1v) is 11.0. The van der Waals surface area contributed by atoms with Gasteiger partial charge in [0.05, 0.1) is 11.1 Å². The average molecular weight is 512 g/mol. The van der Waals surface area contributed by atoms with E-state index in [4.69, 9.17) is 21.1 Å². The van der Waals surface area contributed by atoms with E-state index in [0.717, 1.165) is 5.56 Å². The van der Waals surface area contributed by atoms with Gasteiger partial charge in [-0.2, -0.15) is 5.26 Å². The molecule has 0 aliphatic rings. The number of carbonyl (C=O) groups excluding carboxylic acids is 1. The zero-order valence-electron chi connectivity index (χ0n) is 17.3. The molecule has 7 heteroatoms. The van der Waals surface area contributed by atoms with Crippen molar-refractivity contribution < 1.29 is 14.3 Å². The van der Waals surface area contributed by atoms with Crippen molar-refractivity contribution in [1.82, 2.24) is 0 Å². The summed E-state index contributed by atoms with van der Waals surface area (Å²) in [6.45, 7) is 2.85. The van der Waals surface area contributed by atoms with Crippen LogP contribution in [-0.2, 0) is 11.4 Å². The van der Waals surface area contributed by atoms with Gasteiger partial charge in [0.25, 0.3) is 5.91 Å². The SMILES string of the molecule is CCOc1ccc(NC(=O)/C(C#N)=C\c2ccc(OCc3ccc(Cl)cc3)c(Br)c2)cc1. The molecule has 0 spiro atoms. The van der Waals surface area contributed by atoms with Crippen molar-refractivity contribution in [2.24, 2.45) is 0 Å². The molecule has 0 aromatic heterocycles. The van der Waals surface area contributed by atoms with E-state index < -0.39 is 5.91 Å². The van der Waals surface area contributed by atoms with Gasteiger partial charge < -0.3 is 14.8 Å². The van der Waals surface area contributed by atoms with Crippen molar-refractivity contribution in [2.45, 2.75) is 13.5 Å². The molecule has 1 N–H and O–H groups in total. The first kappa shape index (κ1) is 23.4. The second-order valence-corrected chi connectivity index (χ2v) is 7.98. The Bertz CT molecular complexity index is 1150. The summed E-state index contributed by atoms with van der Waals surface area (Å²) in [7, 11) is 0. The van der Waals surface area contributed by atoms with E-state index in [9.17, 15) is 10.1 Å². The van der Waals surface area contributed by atoms with Gasteiger partial charge in [0.1, 0.15) is 29.7 Å². The highest BCUT2D eigenvalue weighted by atomic mass is 79.9. The topological polar surface area (TPSA) is 71.3 Å². The Morgan fingerprint density at radius 1 is 1.09 bits per heavy atom. The van der Waals surface area contributed by atoms with Crippen LogP contribution in [0.4, 0.5) is 5.69 Å². The van der Waals surface area contributed by atoms with Gasteiger partial charge in [0.15, 0.2) is 0 Å². The van der Waals surface area contributed by atoms with E-state index in [1.54, 1.807) is 42.5 Å². The summed E-state index contributed by atoms with van der Waals surface area (Å²) in [5.41, 5.74) is 2.24. The molecule has 32 heavy (non-hydrogen) atoms. The van der Waals surface area contributed by atoms with E-state index in [1.807, 2.05) is 37.3 Å². The molecular weight excluding hydrogens is 492 g/mol. The quantitative estimate of drug-likeness (QED) is 0.272. The summed E-state index contributed by atoms with van der Waals surface area (Å²) in [6.07, 6.45) is 1.53. The van der Waals surface area contributed by atoms with Crippen LogP contribution in [0.1, 0.15) is 18.1 Å². The lowest BCUT2D eigenvalue weighted by Crippen LogP contribution is -2.13. The number of benzene rings is 3. The number of hydrogen-bond donors (Lipinski definition) is 1. The molecule has 162 valence electrons. The highest BCUT2D eigenvalue weighted by Crippen LogP contribution is 2.28. The maximum Gasteiger partial charge on any atom is 0.266 e. The Labute approximate surface area is 200 Å². The monoisotopic (exact) mass is 510 g/mol. The van der Waals surface area contributed by atoms with Crippen molar-refractivity contribution in [3.8, 4) is 17.6 Å². The Balaban J connectivity index is 1.66. The molecule has 0 saturated carbocycles. The Morgan fingerprint density at radius 3 is 2.44 bits per heavy atom. The molecule has 3 aromatic rings. The molecule has 3 aromatic carbocycles. The second-order valence-electron chi connectivity index (χ2n) is 6.69. The minimum absolute atomic E-state index is 0.0133. The summed E-state index contributed by atoms with van der Waals surface area (Å²) < 4.78 is 11.9. The molecule has 5 nitrogen and oxygen atoms in total. The van der Waals surface area contributed by atoms with Crippen LogP contribution in [0, 0.1) is 11.3 Å². The number of nitrogens with zero attached hydrogens (tertiary/aromatic N) is 1. The number of ether oxygens (including phenoxy) is 2. The smallest absolute Gasteiger partial charge is 0.266 e. The lowest BCUT2D eigenvalue weighted by atomic mass is 10.1. The van der Waals surface area contributed by atoms with Crippen molar-refractivity contribution in [1.29, 1.82) is 5.26 Å². The maximum absolute atomic E-state index is 12.5. The van der Waals surface area contributed by atoms with Gasteiger partial charge in [-0.3, -0.25) is 4.79 Å². The van der Waals surface area contributed by atoms with Crippen LogP contribution in [0.3, 0.4) is 0 Å². The Hall–Kier alpha value is -3.27. The number of anilines is 1. The molecule has 0 aliphatic carbocycles. The third kappa shape index (κ3) is 6.61. The number of hydrogen-bond acceptors (Lipinski definition) is 4. The predicted octanol–water partition coefficient (Wildman–Crippen LogP) is 6.63. The molecule has 3 rings (SSSR count). The van der Waals surface area contributed by atoms with Crippen LogP contribution in [0.25, 0.3) is 6.08 Å². The lowest BCUT2D eigenvalue weighted by molar-refractivity contribution is -0.112. The Kier molecular flexibility index (Phi) is 8.32. The number of amides is 1. The van der Waals surface area contributed by atoms with E-state index in [-0.39, 0.29) is 5.57 Å². The number of carbonyl (C=O) groups is 1. The number of halogens is 2. The van der Waals surface area contributed by atoms with E-state index >= 15 is 0 Å². The van der Waals surface area contributed by atoms with Crippen molar-refractivity contribution in [3.05, 3.63) is 92.9 Å². The maximum atomic E-state index is 12.5. The van der Waals surface area contributed by atoms with Crippen molar-refractivity contribution >= 4 is 45.2 Å². The molecule has 0 radical (unpaired) electrons. The van der Waals surface area contributed by atoms with Crippen LogP contribution < -0.4 is 14.8 Å². The second kappa shape index (κ2) is 11.4. The van der Waals surface area contributed by atoms with Crippen LogP contribution in [0.5, 0.6) is 11.5 Å². The molecule has 0 heterocycles. The van der Waals surface area contributed by atoms with Crippen LogP contribution in [-0.4, -0.2) is 12.5 Å². The largest absolute Gasteiger partial charge is 0.494 e. The molecule has 0 aliphatic heterocycles. The van der Waals surface area contributed by atoms with Crippen molar-refractivity contribution in [3.63, 3.8) is 0 Å². The van der Waals surface area contributed by atoms with Gasteiger partial charge in [-0.25, -0.2) is 0 Å². The minimum Gasteiger partial charge on any atom is -0.494 e. The highest BCUT2D eigenvalue weighted by Gasteiger charge is 2.11. The molecular formula is C25H20BrClN2O3. The van der Waals surface area contributed by atoms with Crippen LogP contribution in [0.15, 0.2) is 76.8 Å². The molecule has 0 bridgehead atoms. The average Bonchev–Trinajstić information content (AvgIpc) is 2.79. The molecule has 1 amide bonds. The van der Waals surface area contributed by atoms with Gasteiger partial charge in [0, 0.05) is 10.7 Å². The number of nitrogens with one attached hydrogen (secondary N) is 1. The first-order valence-electron chi connectivity index (χ1n) is 9.81. The summed E-state index contributed by atoms with van der Waals surface area (Å²) in [5.74, 6) is 0.870. The molecule has 0 unspecified atom stereocenters. The van der Waals surface area contributed by atoms with Crippen molar-refractivity contribution in [2.75, 3.05) is 11.9 Å². The summed E-state index contributed by atoms with van der Waals surface area (Å²) in [4.78, 5) is 12.5. The van der Waals surface area contributed by atoms with Crippen LogP contribution >= 0.6 is 27.5 Å². The van der Waals surface area contributed by atoms with Gasteiger partial charge in [-0.15, -0.1) is 0 Å². The van der Waals surface area contributed by atoms with Gasteiger partial charge >= 0.3 is 0 Å². The fourth-order valence-electron chi connectivity index (χ4n) is 2.78. The van der Waals surface area contributed by atoms with Gasteiger partial charge in [-0.1, -0.05) is 29.8 Å².